The SMILES string of the molecule is CCCCCOc1cccc2c1C(=O)N(c1ccc(C(C)C(=O)O)cc1)C2. The quantitative estimate of drug-likeness (QED) is 0.692. The maximum atomic E-state index is 13.0. The van der Waals surface area contributed by atoms with E-state index >= 15 is 0 Å². The Morgan fingerprint density at radius 1 is 1.19 bits per heavy atom. The lowest BCUT2D eigenvalue weighted by Gasteiger charge is -2.17. The summed E-state index contributed by atoms with van der Waals surface area (Å²) in [7, 11) is 0. The highest BCUT2D eigenvalue weighted by Gasteiger charge is 2.31. The highest BCUT2D eigenvalue weighted by atomic mass is 16.5. The normalized spacial score (nSPS) is 14.1. The van der Waals surface area contributed by atoms with Gasteiger partial charge in [0.05, 0.1) is 24.6 Å². The fourth-order valence-electron chi connectivity index (χ4n) is 3.28. The average molecular weight is 367 g/mol. The fourth-order valence-corrected chi connectivity index (χ4v) is 3.28. The fraction of sp³-hybridized carbons (Fsp3) is 0.364. The molecule has 0 bridgehead atoms. The van der Waals surface area contributed by atoms with Crippen LogP contribution in [0.25, 0.3) is 0 Å². The van der Waals surface area contributed by atoms with E-state index in [4.69, 9.17) is 9.84 Å². The number of carboxylic acid groups (broad SMARTS) is 1. The maximum absolute atomic E-state index is 13.0. The molecule has 1 N–H and O–H groups in total. The third kappa shape index (κ3) is 3.97. The molecule has 3 rings (SSSR count). The molecule has 2 aromatic carbocycles. The van der Waals surface area contributed by atoms with Gasteiger partial charge in [0.2, 0.25) is 0 Å². The second-order valence-electron chi connectivity index (χ2n) is 6.89. The Bertz CT molecular complexity index is 829. The van der Waals surface area contributed by atoms with E-state index in [1.807, 2.05) is 18.2 Å². The van der Waals surface area contributed by atoms with Crippen molar-refractivity contribution in [2.24, 2.45) is 0 Å². The van der Waals surface area contributed by atoms with Crippen molar-refractivity contribution in [3.05, 3.63) is 59.2 Å². The Balaban J connectivity index is 1.78. The summed E-state index contributed by atoms with van der Waals surface area (Å²) in [6.45, 7) is 4.90. The van der Waals surface area contributed by atoms with Gasteiger partial charge >= 0.3 is 5.97 Å². The molecule has 1 amide bonds. The predicted molar refractivity (Wildman–Crippen MR) is 104 cm³/mol. The van der Waals surface area contributed by atoms with Crippen molar-refractivity contribution in [1.82, 2.24) is 0 Å². The summed E-state index contributed by atoms with van der Waals surface area (Å²) in [5.41, 5.74) is 3.07. The van der Waals surface area contributed by atoms with E-state index in [1.54, 1.807) is 36.1 Å². The summed E-state index contributed by atoms with van der Waals surface area (Å²) in [6.07, 6.45) is 3.21. The van der Waals surface area contributed by atoms with Crippen LogP contribution in [0.15, 0.2) is 42.5 Å². The monoisotopic (exact) mass is 367 g/mol. The third-order valence-electron chi connectivity index (χ3n) is 4.98. The molecule has 1 aliphatic heterocycles. The van der Waals surface area contributed by atoms with Crippen LogP contribution in [0, 0.1) is 0 Å². The Morgan fingerprint density at radius 2 is 1.93 bits per heavy atom. The molecule has 0 fully saturated rings. The molecular weight excluding hydrogens is 342 g/mol. The number of benzene rings is 2. The van der Waals surface area contributed by atoms with Gasteiger partial charge in [0.1, 0.15) is 5.75 Å². The minimum Gasteiger partial charge on any atom is -0.493 e. The van der Waals surface area contributed by atoms with Crippen molar-refractivity contribution in [3.8, 4) is 5.75 Å². The summed E-state index contributed by atoms with van der Waals surface area (Å²) in [5.74, 6) is -0.867. The molecule has 27 heavy (non-hydrogen) atoms. The lowest BCUT2D eigenvalue weighted by atomic mass is 10.0. The molecule has 0 radical (unpaired) electrons. The smallest absolute Gasteiger partial charge is 0.310 e. The first kappa shape index (κ1) is 19.0. The van der Waals surface area contributed by atoms with Crippen LogP contribution < -0.4 is 9.64 Å². The Kier molecular flexibility index (Phi) is 5.79. The number of nitrogens with zero attached hydrogens (tertiary/aromatic N) is 1. The minimum absolute atomic E-state index is 0.0740. The summed E-state index contributed by atoms with van der Waals surface area (Å²) in [6, 6.07) is 12.9. The second-order valence-corrected chi connectivity index (χ2v) is 6.89. The van der Waals surface area contributed by atoms with Crippen LogP contribution in [0.3, 0.4) is 0 Å². The van der Waals surface area contributed by atoms with Gasteiger partial charge in [-0.2, -0.15) is 0 Å². The van der Waals surface area contributed by atoms with Crippen molar-refractivity contribution >= 4 is 17.6 Å². The van der Waals surface area contributed by atoms with Gasteiger partial charge in [0.15, 0.2) is 0 Å². The summed E-state index contributed by atoms with van der Waals surface area (Å²) in [5, 5.41) is 9.13. The lowest BCUT2D eigenvalue weighted by molar-refractivity contribution is -0.138. The number of aliphatic carboxylic acids is 1. The van der Waals surface area contributed by atoms with E-state index in [0.29, 0.717) is 24.5 Å². The Hall–Kier alpha value is -2.82. The molecule has 0 spiro atoms. The number of hydrogen-bond donors (Lipinski definition) is 1. The maximum Gasteiger partial charge on any atom is 0.310 e. The van der Waals surface area contributed by atoms with Gasteiger partial charge in [-0.15, -0.1) is 0 Å². The molecule has 1 atom stereocenters. The molecule has 1 heterocycles. The molecule has 0 saturated carbocycles. The highest BCUT2D eigenvalue weighted by Crippen LogP contribution is 2.34. The van der Waals surface area contributed by atoms with Crippen molar-refractivity contribution in [2.75, 3.05) is 11.5 Å². The number of fused-ring (bicyclic) bond motifs is 1. The number of ether oxygens (including phenoxy) is 1. The van der Waals surface area contributed by atoms with Gasteiger partial charge in [-0.05, 0) is 42.7 Å². The molecule has 5 nitrogen and oxygen atoms in total. The number of amides is 1. The van der Waals surface area contributed by atoms with E-state index in [1.165, 1.54) is 0 Å². The number of carboxylic acids is 1. The summed E-state index contributed by atoms with van der Waals surface area (Å²) in [4.78, 5) is 25.8. The molecule has 1 unspecified atom stereocenters. The zero-order valence-electron chi connectivity index (χ0n) is 15.8. The van der Waals surface area contributed by atoms with Gasteiger partial charge < -0.3 is 14.7 Å². The molecule has 0 aromatic heterocycles. The molecule has 0 aliphatic carbocycles. The second kappa shape index (κ2) is 8.25. The molecule has 1 aliphatic rings. The number of carbonyl (C=O) groups excluding carboxylic acids is 1. The molecule has 2 aromatic rings. The topological polar surface area (TPSA) is 66.8 Å². The first-order chi connectivity index (χ1) is 13.0. The van der Waals surface area contributed by atoms with Crippen LogP contribution >= 0.6 is 0 Å². The van der Waals surface area contributed by atoms with Crippen molar-refractivity contribution in [2.45, 2.75) is 45.6 Å². The largest absolute Gasteiger partial charge is 0.493 e. The standard InChI is InChI=1S/C22H25NO4/c1-3-4-5-13-27-19-8-6-7-17-14-23(21(24)20(17)19)18-11-9-16(10-12-18)15(2)22(25)26/h6-12,15H,3-5,13-14H2,1-2H3,(H,25,26). The highest BCUT2D eigenvalue weighted by molar-refractivity contribution is 6.11. The first-order valence-electron chi connectivity index (χ1n) is 9.42. The van der Waals surface area contributed by atoms with E-state index in [9.17, 15) is 9.59 Å². The van der Waals surface area contributed by atoms with E-state index < -0.39 is 11.9 Å². The summed E-state index contributed by atoms with van der Waals surface area (Å²) < 4.78 is 5.87. The average Bonchev–Trinajstić information content (AvgIpc) is 3.02. The Morgan fingerprint density at radius 3 is 2.59 bits per heavy atom. The number of rotatable bonds is 8. The van der Waals surface area contributed by atoms with Crippen LogP contribution in [0.1, 0.15) is 60.5 Å². The summed E-state index contributed by atoms with van der Waals surface area (Å²) >= 11 is 0. The van der Waals surface area contributed by atoms with E-state index in [-0.39, 0.29) is 5.91 Å². The van der Waals surface area contributed by atoms with Crippen molar-refractivity contribution in [1.29, 1.82) is 0 Å². The van der Waals surface area contributed by atoms with Crippen LogP contribution in [0.5, 0.6) is 5.75 Å². The van der Waals surface area contributed by atoms with Crippen LogP contribution in [0.2, 0.25) is 0 Å². The predicted octanol–water partition coefficient (Wildman–Crippen LogP) is 4.60. The van der Waals surface area contributed by atoms with Gasteiger partial charge in [0, 0.05) is 5.69 Å². The van der Waals surface area contributed by atoms with E-state index in [2.05, 4.69) is 6.92 Å². The van der Waals surface area contributed by atoms with Crippen molar-refractivity contribution < 1.29 is 19.4 Å². The van der Waals surface area contributed by atoms with Crippen LogP contribution in [-0.2, 0) is 11.3 Å². The zero-order valence-corrected chi connectivity index (χ0v) is 15.8. The number of hydrogen-bond acceptors (Lipinski definition) is 3. The molecule has 5 heteroatoms. The van der Waals surface area contributed by atoms with E-state index in [0.717, 1.165) is 36.1 Å². The molecular formula is C22H25NO4. The van der Waals surface area contributed by atoms with Crippen LogP contribution in [-0.4, -0.2) is 23.6 Å². The number of carbonyl (C=O) groups is 2. The molecule has 142 valence electrons. The third-order valence-corrected chi connectivity index (χ3v) is 4.98. The number of anilines is 1. The zero-order chi connectivity index (χ0) is 19.4. The number of unbranched alkanes of at least 4 members (excludes halogenated alkanes) is 2. The van der Waals surface area contributed by atoms with Gasteiger partial charge in [-0.3, -0.25) is 9.59 Å². The van der Waals surface area contributed by atoms with Crippen LogP contribution in [0.4, 0.5) is 5.69 Å². The van der Waals surface area contributed by atoms with Gasteiger partial charge in [-0.25, -0.2) is 0 Å². The minimum atomic E-state index is -0.864. The van der Waals surface area contributed by atoms with Gasteiger partial charge in [0.25, 0.3) is 5.91 Å². The Labute approximate surface area is 159 Å². The molecule has 0 saturated heterocycles. The first-order valence-corrected chi connectivity index (χ1v) is 9.42. The van der Waals surface area contributed by atoms with Gasteiger partial charge in [-0.1, -0.05) is 44.0 Å². The lowest BCUT2D eigenvalue weighted by Crippen LogP contribution is -2.23. The van der Waals surface area contributed by atoms with Crippen molar-refractivity contribution in [3.63, 3.8) is 0 Å².